The van der Waals surface area contributed by atoms with E-state index in [0.29, 0.717) is 44.5 Å². The molecule has 0 saturated carbocycles. The van der Waals surface area contributed by atoms with Crippen LogP contribution in [0.2, 0.25) is 0 Å². The number of hydrogen-bond donors (Lipinski definition) is 0. The normalized spacial score (nSPS) is 10.7. The quantitative estimate of drug-likeness (QED) is 0.0378. The number of halogens is 2. The van der Waals surface area contributed by atoms with E-state index in [1.807, 2.05) is 13.8 Å². The Balaban J connectivity index is 0.000000220. The number of esters is 4. The van der Waals surface area contributed by atoms with Crippen molar-refractivity contribution in [2.45, 2.75) is 57.8 Å². The van der Waals surface area contributed by atoms with Crippen LogP contribution in [0.3, 0.4) is 0 Å². The number of aryl methyl sites for hydroxylation is 2. The summed E-state index contributed by atoms with van der Waals surface area (Å²) in [4.78, 5) is 68.2. The van der Waals surface area contributed by atoms with Crippen LogP contribution >= 0.6 is 31.9 Å². The summed E-state index contributed by atoms with van der Waals surface area (Å²) < 4.78 is 70.9. The van der Waals surface area contributed by atoms with Gasteiger partial charge in [-0.05, 0) is 128 Å². The van der Waals surface area contributed by atoms with Gasteiger partial charge in [-0.1, -0.05) is 71.8 Å². The van der Waals surface area contributed by atoms with Gasteiger partial charge >= 0.3 is 23.9 Å². The molecule has 0 radical (unpaired) electrons. The van der Waals surface area contributed by atoms with E-state index in [4.69, 9.17) is 18.9 Å². The molecule has 0 saturated heterocycles. The number of rotatable bonds is 16. The number of nitrogens with zero attached hydrogens (tertiary/aromatic N) is 6. The Morgan fingerprint density at radius 3 is 1.57 bits per heavy atom. The number of ether oxygens (including phenoxy) is 4. The van der Waals surface area contributed by atoms with Gasteiger partial charge in [0, 0.05) is 26.5 Å². The molecular weight excluding hydrogens is 1140 g/mol. The lowest BCUT2D eigenvalue weighted by Gasteiger charge is -2.12. The summed E-state index contributed by atoms with van der Waals surface area (Å²) in [5.41, 5.74) is 3.44. The molecule has 0 fully saturated rings. The van der Waals surface area contributed by atoms with Crippen molar-refractivity contribution in [1.82, 2.24) is 28.3 Å². The summed E-state index contributed by atoms with van der Waals surface area (Å²) in [6, 6.07) is 29.2. The Labute approximate surface area is 451 Å². The van der Waals surface area contributed by atoms with Gasteiger partial charge in [0.2, 0.25) is 0 Å². The summed E-state index contributed by atoms with van der Waals surface area (Å²) in [5, 5.41) is 7.38. The van der Waals surface area contributed by atoms with Gasteiger partial charge in [0.25, 0.3) is 20.0 Å². The van der Waals surface area contributed by atoms with Gasteiger partial charge in [0.1, 0.15) is 24.8 Å². The van der Waals surface area contributed by atoms with Gasteiger partial charge in [-0.3, -0.25) is 4.79 Å². The van der Waals surface area contributed by atoms with Crippen molar-refractivity contribution in [2.24, 2.45) is 0 Å². The van der Waals surface area contributed by atoms with E-state index in [1.54, 1.807) is 125 Å². The van der Waals surface area contributed by atoms with Crippen molar-refractivity contribution >= 4 is 81.6 Å². The fraction of sp³-hybridized carbons (Fsp3) is 0.212. The van der Waals surface area contributed by atoms with E-state index < -0.39 is 43.9 Å². The highest BCUT2D eigenvalue weighted by atomic mass is 79.9. The number of hydrogen-bond acceptors (Lipinski definition) is 17. The van der Waals surface area contributed by atoms with Gasteiger partial charge < -0.3 is 18.9 Å². The number of carbonyl (C=O) groups is 5. The summed E-state index contributed by atoms with van der Waals surface area (Å²) in [6.07, 6.45) is 5.52. The monoisotopic (exact) mass is 1190 g/mol. The molecule has 0 amide bonds. The second-order valence-corrected chi connectivity index (χ2v) is 20.3. The van der Waals surface area contributed by atoms with Crippen LogP contribution in [-0.4, -0.2) is 101 Å². The second-order valence-electron chi connectivity index (χ2n) is 15.1. The Morgan fingerprint density at radius 2 is 1.07 bits per heavy atom. The summed E-state index contributed by atoms with van der Waals surface area (Å²) >= 11 is 6.51. The van der Waals surface area contributed by atoms with Crippen molar-refractivity contribution in [2.75, 3.05) is 26.4 Å². The number of ketones is 1. The van der Waals surface area contributed by atoms with E-state index in [9.17, 15) is 40.8 Å². The molecule has 0 spiro atoms. The molecule has 0 atom stereocenters. The van der Waals surface area contributed by atoms with Crippen LogP contribution in [0.25, 0.3) is 0 Å². The zero-order valence-corrected chi connectivity index (χ0v) is 46.3. The van der Waals surface area contributed by atoms with Crippen LogP contribution in [0.15, 0.2) is 160 Å². The predicted molar refractivity (Wildman–Crippen MR) is 283 cm³/mol. The molecule has 7 rings (SSSR count). The molecule has 394 valence electrons. The van der Waals surface area contributed by atoms with Crippen molar-refractivity contribution in [3.05, 3.63) is 200 Å². The smallest absolute Gasteiger partial charge is 0.339 e. The highest BCUT2D eigenvalue weighted by Crippen LogP contribution is 2.27. The van der Waals surface area contributed by atoms with E-state index in [-0.39, 0.29) is 52.1 Å². The lowest BCUT2D eigenvalue weighted by atomic mass is 9.96. The molecule has 0 aliphatic rings. The minimum Gasteiger partial charge on any atom is -0.462 e. The molecular formula is C52H52Br2N6O13S2. The van der Waals surface area contributed by atoms with Crippen LogP contribution < -0.4 is 0 Å². The average molecular weight is 1190 g/mol. The van der Waals surface area contributed by atoms with E-state index in [0.717, 1.165) is 25.6 Å². The Hall–Kier alpha value is -7.47. The maximum absolute atomic E-state index is 12.8. The largest absolute Gasteiger partial charge is 0.462 e. The van der Waals surface area contributed by atoms with Crippen LogP contribution in [-0.2, 0) is 45.4 Å². The van der Waals surface area contributed by atoms with Gasteiger partial charge in [-0.25, -0.2) is 29.1 Å². The first-order chi connectivity index (χ1) is 35.7. The third-order valence-electron chi connectivity index (χ3n) is 9.77. The van der Waals surface area contributed by atoms with Crippen molar-refractivity contribution < 1.29 is 59.8 Å². The maximum Gasteiger partial charge on any atom is 0.339 e. The number of aromatic nitrogens is 6. The first-order valence-electron chi connectivity index (χ1n) is 22.7. The van der Waals surface area contributed by atoms with E-state index in [1.165, 1.54) is 30.9 Å². The molecule has 0 aliphatic carbocycles. The average Bonchev–Trinajstić information content (AvgIpc) is 4.13. The third kappa shape index (κ3) is 16.5. The Bertz CT molecular complexity index is 3320. The highest BCUT2D eigenvalue weighted by molar-refractivity contribution is 9.10. The SMILES string of the molecule is C=CCc1ncnn1S(=O)(=O)c1ccc(C)cc1.CCOC(=O)c1cc(C(=O)OCC)c(C(=O)c2ccccc2)cc1Br.CCOC(=O)c1ccc(Br)c(C(=O)OCC)c1.Cc1ccc(S(=O)(=O)n2cncn2)cc1. The fourth-order valence-electron chi connectivity index (χ4n) is 6.15. The van der Waals surface area contributed by atoms with Gasteiger partial charge in [-0.15, -0.1) is 25.0 Å². The minimum atomic E-state index is -3.67. The standard InChI is InChI=1S/C19H17BrO5.C12H13BrO4.C12H13N3O2S.C9H9N3O2S/c1-3-24-18(22)14-10-15(19(23)25-4-2)16(20)11-13(14)17(21)12-8-6-5-7-9-12;1-3-16-11(14)8-5-6-10(13)9(7-8)12(15)17-4-2;1-3-4-12-13-9-14-15(12)18(16,17)11-7-5-10(2)6-8-11;1-8-2-4-9(5-3-8)15(13,14)12-7-10-6-11-12/h5-11H,3-4H2,1-2H3;5-7H,3-4H2,1-2H3;3,5-9H,1,4H2,2H3;2-7H,1H3. The molecule has 0 aliphatic heterocycles. The first-order valence-corrected chi connectivity index (χ1v) is 27.1. The van der Waals surface area contributed by atoms with Crippen LogP contribution in [0.1, 0.15) is 102 Å². The Kier molecular flexibility index (Phi) is 23.1. The highest BCUT2D eigenvalue weighted by Gasteiger charge is 2.25. The second kappa shape index (κ2) is 28.8. The number of benzene rings is 5. The molecule has 7 aromatic rings. The maximum atomic E-state index is 12.8. The molecule has 0 unspecified atom stereocenters. The van der Waals surface area contributed by atoms with Crippen molar-refractivity contribution in [3.63, 3.8) is 0 Å². The van der Waals surface area contributed by atoms with Gasteiger partial charge in [-0.2, -0.15) is 16.8 Å². The zero-order chi connectivity index (χ0) is 55.3. The van der Waals surface area contributed by atoms with Crippen LogP contribution in [0.4, 0.5) is 0 Å². The summed E-state index contributed by atoms with van der Waals surface area (Å²) in [6.45, 7) is 15.1. The molecule has 0 N–H and O–H groups in total. The number of carbonyl (C=O) groups excluding carboxylic acids is 5. The molecule has 75 heavy (non-hydrogen) atoms. The molecule has 2 aromatic heterocycles. The lowest BCUT2D eigenvalue weighted by Crippen LogP contribution is -2.17. The van der Waals surface area contributed by atoms with Gasteiger partial charge in [0.15, 0.2) is 5.78 Å². The molecule has 19 nitrogen and oxygen atoms in total. The molecule has 2 heterocycles. The van der Waals surface area contributed by atoms with Crippen molar-refractivity contribution in [1.29, 1.82) is 0 Å². The predicted octanol–water partition coefficient (Wildman–Crippen LogP) is 9.21. The molecule has 23 heteroatoms. The Morgan fingerprint density at radius 1 is 0.560 bits per heavy atom. The molecule has 0 bridgehead atoms. The first kappa shape index (κ1) is 60.1. The zero-order valence-electron chi connectivity index (χ0n) is 41.5. The number of allylic oxidation sites excluding steroid dienone is 1. The lowest BCUT2D eigenvalue weighted by molar-refractivity contribution is 0.0505. The summed E-state index contributed by atoms with van der Waals surface area (Å²) in [7, 11) is -7.24. The third-order valence-corrected chi connectivity index (χ3v) is 14.3. The minimum absolute atomic E-state index is 0.0296. The van der Waals surface area contributed by atoms with E-state index >= 15 is 0 Å². The van der Waals surface area contributed by atoms with Crippen LogP contribution in [0.5, 0.6) is 0 Å². The van der Waals surface area contributed by atoms with Gasteiger partial charge in [0.05, 0.1) is 58.5 Å². The molecule has 5 aromatic carbocycles. The fourth-order valence-corrected chi connectivity index (χ4v) is 9.35. The van der Waals surface area contributed by atoms with Crippen molar-refractivity contribution in [3.8, 4) is 0 Å². The summed E-state index contributed by atoms with van der Waals surface area (Å²) in [5.74, 6) is -2.15. The van der Waals surface area contributed by atoms with Crippen LogP contribution in [0, 0.1) is 13.8 Å². The topological polar surface area (TPSA) is 252 Å². The van der Waals surface area contributed by atoms with E-state index in [2.05, 4.69) is 58.6 Å².